The van der Waals surface area contributed by atoms with Crippen molar-refractivity contribution in [2.45, 2.75) is 13.8 Å². The van der Waals surface area contributed by atoms with Gasteiger partial charge in [-0.2, -0.15) is 0 Å². The summed E-state index contributed by atoms with van der Waals surface area (Å²) in [7, 11) is 0. The minimum Gasteiger partial charge on any atom is -0.338 e. The molecule has 0 fully saturated rings. The zero-order chi connectivity index (χ0) is 14.4. The zero-order valence-corrected chi connectivity index (χ0v) is 11.6. The molecule has 0 aliphatic heterocycles. The van der Waals surface area contributed by atoms with Crippen LogP contribution in [0.1, 0.15) is 11.1 Å². The van der Waals surface area contributed by atoms with Crippen molar-refractivity contribution in [2.24, 2.45) is 0 Å². The number of aromatic nitrogens is 2. The second-order valence-electron chi connectivity index (χ2n) is 4.79. The maximum Gasteiger partial charge on any atom is 0.142 e. The Bertz CT molecular complexity index is 785. The van der Waals surface area contributed by atoms with Crippen molar-refractivity contribution in [2.75, 3.05) is 0 Å². The van der Waals surface area contributed by atoms with Crippen LogP contribution in [0.5, 0.6) is 0 Å². The van der Waals surface area contributed by atoms with Gasteiger partial charge in [0.05, 0.1) is 21.6 Å². The Morgan fingerprint density at radius 1 is 1.00 bits per heavy atom. The van der Waals surface area contributed by atoms with E-state index in [0.29, 0.717) is 0 Å². The van der Waals surface area contributed by atoms with Gasteiger partial charge in [0.25, 0.3) is 0 Å². The Labute approximate surface area is 119 Å². The molecule has 0 atom stereocenters. The van der Waals surface area contributed by atoms with Crippen LogP contribution < -0.4 is 0 Å². The second-order valence-corrected chi connectivity index (χ2v) is 5.19. The first-order valence-electron chi connectivity index (χ1n) is 6.07. The summed E-state index contributed by atoms with van der Waals surface area (Å²) in [6.45, 7) is 3.96. The fourth-order valence-corrected chi connectivity index (χ4v) is 2.25. The van der Waals surface area contributed by atoms with Crippen molar-refractivity contribution in [1.82, 2.24) is 9.97 Å². The number of halogens is 3. The van der Waals surface area contributed by atoms with Crippen LogP contribution in [0.15, 0.2) is 24.3 Å². The van der Waals surface area contributed by atoms with Crippen LogP contribution in [-0.2, 0) is 0 Å². The molecule has 0 saturated heterocycles. The van der Waals surface area contributed by atoms with E-state index in [0.717, 1.165) is 34.3 Å². The summed E-state index contributed by atoms with van der Waals surface area (Å²) in [4.78, 5) is 7.32. The van der Waals surface area contributed by atoms with Gasteiger partial charge in [0.1, 0.15) is 17.5 Å². The average Bonchev–Trinajstić information content (AvgIpc) is 2.77. The molecule has 0 radical (unpaired) electrons. The van der Waals surface area contributed by atoms with Crippen molar-refractivity contribution >= 4 is 22.6 Å². The molecule has 0 aliphatic carbocycles. The van der Waals surface area contributed by atoms with E-state index in [1.165, 1.54) is 0 Å². The summed E-state index contributed by atoms with van der Waals surface area (Å²) in [5.74, 6) is -0.988. The number of benzene rings is 2. The lowest BCUT2D eigenvalue weighted by Gasteiger charge is -2.01. The van der Waals surface area contributed by atoms with Gasteiger partial charge in [-0.15, -0.1) is 0 Å². The highest BCUT2D eigenvalue weighted by molar-refractivity contribution is 6.30. The van der Waals surface area contributed by atoms with Crippen LogP contribution in [0, 0.1) is 25.5 Å². The molecule has 1 N–H and O–H groups in total. The Kier molecular flexibility index (Phi) is 2.98. The molecule has 1 aromatic heterocycles. The topological polar surface area (TPSA) is 28.7 Å². The highest BCUT2D eigenvalue weighted by Crippen LogP contribution is 2.28. The van der Waals surface area contributed by atoms with E-state index >= 15 is 0 Å². The molecule has 102 valence electrons. The van der Waals surface area contributed by atoms with Gasteiger partial charge < -0.3 is 4.98 Å². The van der Waals surface area contributed by atoms with Gasteiger partial charge in [-0.05, 0) is 49.2 Å². The van der Waals surface area contributed by atoms with Crippen molar-refractivity contribution in [1.29, 1.82) is 0 Å². The van der Waals surface area contributed by atoms with E-state index in [4.69, 9.17) is 11.6 Å². The quantitative estimate of drug-likeness (QED) is 0.643. The summed E-state index contributed by atoms with van der Waals surface area (Å²) in [6.07, 6.45) is 0. The standard InChI is InChI=1S/C15H11ClF2N2/c1-7-3-13-14(4-8(7)2)20-15(19-13)9-5-12(18)10(16)6-11(9)17/h3-6H,1-2H3,(H,19,20). The van der Waals surface area contributed by atoms with Gasteiger partial charge in [0.2, 0.25) is 0 Å². The molecule has 20 heavy (non-hydrogen) atoms. The van der Waals surface area contributed by atoms with Crippen LogP contribution in [0.25, 0.3) is 22.4 Å². The second kappa shape index (κ2) is 4.56. The molecule has 0 unspecified atom stereocenters. The molecular formula is C15H11ClF2N2. The molecular weight excluding hydrogens is 282 g/mol. The number of hydrogen-bond acceptors (Lipinski definition) is 1. The molecule has 3 aromatic rings. The monoisotopic (exact) mass is 292 g/mol. The molecule has 0 bridgehead atoms. The van der Waals surface area contributed by atoms with E-state index in [2.05, 4.69) is 9.97 Å². The van der Waals surface area contributed by atoms with Crippen LogP contribution in [0.4, 0.5) is 8.78 Å². The molecule has 1 heterocycles. The number of aryl methyl sites for hydroxylation is 2. The highest BCUT2D eigenvalue weighted by Gasteiger charge is 2.14. The average molecular weight is 293 g/mol. The zero-order valence-electron chi connectivity index (χ0n) is 10.9. The van der Waals surface area contributed by atoms with Crippen molar-refractivity contribution in [3.05, 3.63) is 52.0 Å². The molecule has 5 heteroatoms. The number of imidazole rings is 1. The normalized spacial score (nSPS) is 11.2. The van der Waals surface area contributed by atoms with Crippen molar-refractivity contribution < 1.29 is 8.78 Å². The molecule has 3 rings (SSSR count). The molecule has 2 aromatic carbocycles. The van der Waals surface area contributed by atoms with Crippen molar-refractivity contribution in [3.63, 3.8) is 0 Å². The first-order chi connectivity index (χ1) is 9.45. The van der Waals surface area contributed by atoms with Crippen LogP contribution in [-0.4, -0.2) is 9.97 Å². The Morgan fingerprint density at radius 2 is 1.70 bits per heavy atom. The lowest BCUT2D eigenvalue weighted by Crippen LogP contribution is -1.89. The molecule has 2 nitrogen and oxygen atoms in total. The van der Waals surface area contributed by atoms with E-state index < -0.39 is 11.6 Å². The summed E-state index contributed by atoms with van der Waals surface area (Å²) in [5, 5.41) is -0.242. The van der Waals surface area contributed by atoms with E-state index in [1.807, 2.05) is 26.0 Å². The lowest BCUT2D eigenvalue weighted by molar-refractivity contribution is 0.602. The predicted molar refractivity (Wildman–Crippen MR) is 75.9 cm³/mol. The summed E-state index contributed by atoms with van der Waals surface area (Å²) < 4.78 is 27.4. The van der Waals surface area contributed by atoms with Crippen LogP contribution >= 0.6 is 11.6 Å². The highest BCUT2D eigenvalue weighted by atomic mass is 35.5. The number of nitrogens with zero attached hydrogens (tertiary/aromatic N) is 1. The van der Waals surface area contributed by atoms with Crippen LogP contribution in [0.3, 0.4) is 0 Å². The third-order valence-corrected chi connectivity index (χ3v) is 3.65. The van der Waals surface area contributed by atoms with Crippen LogP contribution in [0.2, 0.25) is 5.02 Å². The maximum absolute atomic E-state index is 13.9. The largest absolute Gasteiger partial charge is 0.338 e. The first kappa shape index (κ1) is 13.1. The summed E-state index contributed by atoms with van der Waals surface area (Å²) >= 11 is 5.55. The van der Waals surface area contributed by atoms with Crippen molar-refractivity contribution in [3.8, 4) is 11.4 Å². The number of fused-ring (bicyclic) bond motifs is 1. The van der Waals surface area contributed by atoms with Gasteiger partial charge in [-0.3, -0.25) is 0 Å². The van der Waals surface area contributed by atoms with E-state index in [-0.39, 0.29) is 16.4 Å². The SMILES string of the molecule is Cc1cc2nc(-c3cc(F)c(Cl)cc3F)[nH]c2cc1C. The first-order valence-corrected chi connectivity index (χ1v) is 6.45. The summed E-state index contributed by atoms with van der Waals surface area (Å²) in [5.41, 5.74) is 3.78. The smallest absolute Gasteiger partial charge is 0.142 e. The van der Waals surface area contributed by atoms with Gasteiger partial charge in [0, 0.05) is 0 Å². The number of nitrogens with one attached hydrogen (secondary N) is 1. The Balaban J connectivity index is 2.22. The Hall–Kier alpha value is -1.94. The van der Waals surface area contributed by atoms with Gasteiger partial charge in [-0.1, -0.05) is 11.6 Å². The predicted octanol–water partition coefficient (Wildman–Crippen LogP) is 4.78. The molecule has 0 aliphatic rings. The number of rotatable bonds is 1. The van der Waals surface area contributed by atoms with E-state index in [9.17, 15) is 8.78 Å². The number of aromatic amines is 1. The van der Waals surface area contributed by atoms with Gasteiger partial charge in [0.15, 0.2) is 0 Å². The fraction of sp³-hybridized carbons (Fsp3) is 0.133. The Morgan fingerprint density at radius 3 is 2.45 bits per heavy atom. The number of hydrogen-bond donors (Lipinski definition) is 1. The third-order valence-electron chi connectivity index (χ3n) is 3.36. The van der Waals surface area contributed by atoms with Gasteiger partial charge in [-0.25, -0.2) is 13.8 Å². The minimum absolute atomic E-state index is 0.0680. The number of H-pyrrole nitrogens is 1. The molecule has 0 saturated carbocycles. The molecule has 0 amide bonds. The maximum atomic E-state index is 13.9. The molecule has 0 spiro atoms. The lowest BCUT2D eigenvalue weighted by atomic mass is 10.1. The van der Waals surface area contributed by atoms with Gasteiger partial charge >= 0.3 is 0 Å². The fourth-order valence-electron chi connectivity index (χ4n) is 2.10. The third kappa shape index (κ3) is 2.06. The minimum atomic E-state index is -0.670. The summed E-state index contributed by atoms with van der Waals surface area (Å²) in [6, 6.07) is 5.85. The van der Waals surface area contributed by atoms with E-state index in [1.54, 1.807) is 0 Å².